The van der Waals surface area contributed by atoms with E-state index >= 15 is 0 Å². The molecule has 1 saturated heterocycles. The molecule has 1 aliphatic rings. The van der Waals surface area contributed by atoms with E-state index in [9.17, 15) is 0 Å². The molecule has 4 heteroatoms. The smallest absolute Gasteiger partial charge is 0.105 e. The molecule has 120 valence electrons. The third-order valence-corrected chi connectivity index (χ3v) is 4.49. The van der Waals surface area contributed by atoms with E-state index in [1.807, 2.05) is 6.92 Å². The molecule has 1 aromatic heterocycles. The summed E-state index contributed by atoms with van der Waals surface area (Å²) >= 11 is 0. The average molecular weight is 294 g/mol. The van der Waals surface area contributed by atoms with Crippen LogP contribution in [-0.4, -0.2) is 44.8 Å². The van der Waals surface area contributed by atoms with Crippen LogP contribution in [0.25, 0.3) is 0 Å². The molecule has 0 radical (unpaired) electrons. The molecule has 0 aliphatic carbocycles. The minimum atomic E-state index is 0.347. The van der Waals surface area contributed by atoms with Gasteiger partial charge in [-0.05, 0) is 51.3 Å². The van der Waals surface area contributed by atoms with Gasteiger partial charge in [0.25, 0.3) is 0 Å². The highest BCUT2D eigenvalue weighted by atomic mass is 16.5. The summed E-state index contributed by atoms with van der Waals surface area (Å²) in [5, 5.41) is 3.62. The molecule has 4 nitrogen and oxygen atoms in total. The van der Waals surface area contributed by atoms with Gasteiger partial charge in [-0.15, -0.1) is 0 Å². The van der Waals surface area contributed by atoms with Gasteiger partial charge in [0.15, 0.2) is 0 Å². The van der Waals surface area contributed by atoms with Crippen LogP contribution in [0.15, 0.2) is 16.7 Å². The Kier molecular flexibility index (Phi) is 6.27. The van der Waals surface area contributed by atoms with Gasteiger partial charge in [-0.25, -0.2) is 0 Å². The first-order valence-corrected chi connectivity index (χ1v) is 8.15. The van der Waals surface area contributed by atoms with Crippen LogP contribution < -0.4 is 5.32 Å². The molecule has 0 unspecified atom stereocenters. The number of rotatable bonds is 8. The predicted molar refractivity (Wildman–Crippen MR) is 85.4 cm³/mol. The summed E-state index contributed by atoms with van der Waals surface area (Å²) in [6.45, 7) is 10.3. The van der Waals surface area contributed by atoms with Crippen molar-refractivity contribution in [2.24, 2.45) is 5.41 Å². The molecule has 1 aromatic rings. The maximum Gasteiger partial charge on any atom is 0.105 e. The minimum Gasteiger partial charge on any atom is -0.469 e. The zero-order chi connectivity index (χ0) is 15.1. The summed E-state index contributed by atoms with van der Waals surface area (Å²) in [6, 6.07) is 2.08. The van der Waals surface area contributed by atoms with Crippen LogP contribution in [0.1, 0.15) is 37.5 Å². The topological polar surface area (TPSA) is 37.6 Å². The van der Waals surface area contributed by atoms with Gasteiger partial charge in [0, 0.05) is 38.4 Å². The summed E-state index contributed by atoms with van der Waals surface area (Å²) in [7, 11) is 2.21. The van der Waals surface area contributed by atoms with Gasteiger partial charge in [0.1, 0.15) is 5.76 Å². The van der Waals surface area contributed by atoms with Crippen LogP contribution >= 0.6 is 0 Å². The first-order valence-electron chi connectivity index (χ1n) is 8.15. The van der Waals surface area contributed by atoms with Gasteiger partial charge < -0.3 is 19.4 Å². The fourth-order valence-electron chi connectivity index (χ4n) is 3.22. The standard InChI is InChI=1S/C17H30N2O2/c1-4-8-18-13-17(6-10-20-11-7-17)14-19(3)12-16-5-9-21-15(16)2/h5,9,18H,4,6-8,10-14H2,1-3H3. The minimum absolute atomic E-state index is 0.347. The molecule has 0 saturated carbocycles. The Morgan fingerprint density at radius 3 is 2.71 bits per heavy atom. The average Bonchev–Trinajstić information content (AvgIpc) is 2.85. The molecule has 0 aromatic carbocycles. The van der Waals surface area contributed by atoms with Crippen molar-refractivity contribution in [1.29, 1.82) is 0 Å². The van der Waals surface area contributed by atoms with Crippen molar-refractivity contribution < 1.29 is 9.15 Å². The van der Waals surface area contributed by atoms with E-state index in [1.54, 1.807) is 6.26 Å². The maximum absolute atomic E-state index is 5.58. The zero-order valence-electron chi connectivity index (χ0n) is 13.8. The molecule has 0 bridgehead atoms. The second-order valence-corrected chi connectivity index (χ2v) is 6.46. The number of furan rings is 1. The number of hydrogen-bond acceptors (Lipinski definition) is 4. The molecular formula is C17H30N2O2. The largest absolute Gasteiger partial charge is 0.469 e. The highest BCUT2D eigenvalue weighted by molar-refractivity contribution is 5.15. The fraction of sp³-hybridized carbons (Fsp3) is 0.765. The third-order valence-electron chi connectivity index (χ3n) is 4.49. The number of nitrogens with one attached hydrogen (secondary N) is 1. The van der Waals surface area contributed by atoms with E-state index in [1.165, 1.54) is 12.0 Å². The van der Waals surface area contributed by atoms with Crippen molar-refractivity contribution in [3.8, 4) is 0 Å². The molecular weight excluding hydrogens is 264 g/mol. The molecule has 0 amide bonds. The van der Waals surface area contributed by atoms with Crippen LogP contribution in [0.5, 0.6) is 0 Å². The fourth-order valence-corrected chi connectivity index (χ4v) is 3.22. The van der Waals surface area contributed by atoms with Gasteiger partial charge in [-0.1, -0.05) is 6.92 Å². The van der Waals surface area contributed by atoms with E-state index in [2.05, 4.69) is 30.3 Å². The highest BCUT2D eigenvalue weighted by Gasteiger charge is 2.33. The lowest BCUT2D eigenvalue weighted by atomic mass is 9.79. The summed E-state index contributed by atoms with van der Waals surface area (Å²) in [4.78, 5) is 2.43. The first kappa shape index (κ1) is 16.5. The van der Waals surface area contributed by atoms with Gasteiger partial charge in [0.2, 0.25) is 0 Å². The first-order chi connectivity index (χ1) is 10.2. The Morgan fingerprint density at radius 2 is 2.10 bits per heavy atom. The quantitative estimate of drug-likeness (QED) is 0.748. The Morgan fingerprint density at radius 1 is 1.33 bits per heavy atom. The van der Waals surface area contributed by atoms with E-state index in [-0.39, 0.29) is 0 Å². The van der Waals surface area contributed by atoms with Crippen molar-refractivity contribution in [2.75, 3.05) is 39.9 Å². The van der Waals surface area contributed by atoms with E-state index < -0.39 is 0 Å². The number of ether oxygens (including phenoxy) is 1. The van der Waals surface area contributed by atoms with Crippen molar-refractivity contribution in [1.82, 2.24) is 10.2 Å². The number of hydrogen-bond donors (Lipinski definition) is 1. The normalized spacial score (nSPS) is 18.3. The van der Waals surface area contributed by atoms with E-state index in [0.29, 0.717) is 5.41 Å². The van der Waals surface area contributed by atoms with Gasteiger partial charge >= 0.3 is 0 Å². The molecule has 2 rings (SSSR count). The summed E-state index contributed by atoms with van der Waals surface area (Å²) < 4.78 is 11.0. The summed E-state index contributed by atoms with van der Waals surface area (Å²) in [5.74, 6) is 1.03. The zero-order valence-corrected chi connectivity index (χ0v) is 13.8. The molecule has 21 heavy (non-hydrogen) atoms. The molecule has 1 fully saturated rings. The maximum atomic E-state index is 5.58. The van der Waals surface area contributed by atoms with Gasteiger partial charge in [-0.3, -0.25) is 0 Å². The van der Waals surface area contributed by atoms with Crippen LogP contribution in [0.3, 0.4) is 0 Å². The van der Waals surface area contributed by atoms with Crippen molar-refractivity contribution in [2.45, 2.75) is 39.7 Å². The monoisotopic (exact) mass is 294 g/mol. The van der Waals surface area contributed by atoms with Crippen LogP contribution in [0, 0.1) is 12.3 Å². The van der Waals surface area contributed by atoms with E-state index in [4.69, 9.17) is 9.15 Å². The van der Waals surface area contributed by atoms with Crippen LogP contribution in [-0.2, 0) is 11.3 Å². The Balaban J connectivity index is 1.92. The lowest BCUT2D eigenvalue weighted by Crippen LogP contribution is -2.46. The SMILES string of the molecule is CCCNCC1(CN(C)Cc2ccoc2C)CCOCC1. The number of aryl methyl sites for hydroxylation is 1. The molecule has 1 aliphatic heterocycles. The molecule has 2 heterocycles. The Hall–Kier alpha value is -0.840. The second-order valence-electron chi connectivity index (χ2n) is 6.46. The van der Waals surface area contributed by atoms with Crippen molar-refractivity contribution in [3.63, 3.8) is 0 Å². The second kappa shape index (κ2) is 7.97. The Labute approximate surface area is 128 Å². The van der Waals surface area contributed by atoms with Crippen molar-refractivity contribution >= 4 is 0 Å². The predicted octanol–water partition coefficient (Wildman–Crippen LogP) is 2.82. The van der Waals surface area contributed by atoms with Crippen molar-refractivity contribution in [3.05, 3.63) is 23.7 Å². The highest BCUT2D eigenvalue weighted by Crippen LogP contribution is 2.31. The van der Waals surface area contributed by atoms with Gasteiger partial charge in [0.05, 0.1) is 6.26 Å². The van der Waals surface area contributed by atoms with E-state index in [0.717, 1.165) is 58.0 Å². The summed E-state index contributed by atoms with van der Waals surface area (Å²) in [5.41, 5.74) is 1.64. The molecule has 0 spiro atoms. The third kappa shape index (κ3) is 4.83. The lowest BCUT2D eigenvalue weighted by Gasteiger charge is -2.40. The molecule has 1 N–H and O–H groups in total. The Bertz CT molecular complexity index is 411. The lowest BCUT2D eigenvalue weighted by molar-refractivity contribution is -0.00159. The van der Waals surface area contributed by atoms with Gasteiger partial charge in [-0.2, -0.15) is 0 Å². The number of nitrogens with zero attached hydrogens (tertiary/aromatic N) is 1. The summed E-state index contributed by atoms with van der Waals surface area (Å²) in [6.07, 6.45) is 5.28. The van der Waals surface area contributed by atoms with Crippen LogP contribution in [0.4, 0.5) is 0 Å². The molecule has 0 atom stereocenters. The van der Waals surface area contributed by atoms with Crippen LogP contribution in [0.2, 0.25) is 0 Å².